The number of nitrogen functional groups attached to an aromatic ring is 1. The second-order valence-electron chi connectivity index (χ2n) is 4.74. The largest absolute Gasteiger partial charge is 0.478 e. The van der Waals surface area contributed by atoms with Crippen molar-refractivity contribution in [1.29, 1.82) is 0 Å². The molecule has 4 nitrogen and oxygen atoms in total. The first-order valence-electron chi connectivity index (χ1n) is 6.19. The third-order valence-electron chi connectivity index (χ3n) is 3.44. The van der Waals surface area contributed by atoms with Crippen LogP contribution < -0.4 is 10.6 Å². The van der Waals surface area contributed by atoms with E-state index in [9.17, 15) is 9.90 Å². The number of carbonyl (C=O) groups is 1. The number of halogens is 1. The maximum atomic E-state index is 11.4. The van der Waals surface area contributed by atoms with Gasteiger partial charge in [0, 0.05) is 23.7 Å². The monoisotopic (exact) mass is 308 g/mol. The Morgan fingerprint density at radius 3 is 3.00 bits per heavy atom. The summed E-state index contributed by atoms with van der Waals surface area (Å²) in [5.41, 5.74) is 8.02. The van der Waals surface area contributed by atoms with Crippen LogP contribution in [0.25, 0.3) is 0 Å². The van der Waals surface area contributed by atoms with Crippen LogP contribution in [-0.4, -0.2) is 17.6 Å². The Hall–Kier alpha value is -1.72. The van der Waals surface area contributed by atoms with Crippen molar-refractivity contribution < 1.29 is 9.90 Å². The van der Waals surface area contributed by atoms with Gasteiger partial charge in [0.25, 0.3) is 0 Å². The second-order valence-corrected chi connectivity index (χ2v) is 6.15. The molecule has 6 heteroatoms. The van der Waals surface area contributed by atoms with Gasteiger partial charge in [-0.1, -0.05) is 11.6 Å². The molecule has 0 fully saturated rings. The molecule has 0 aliphatic carbocycles. The van der Waals surface area contributed by atoms with E-state index in [1.165, 1.54) is 16.5 Å². The first kappa shape index (κ1) is 13.3. The fourth-order valence-electron chi connectivity index (χ4n) is 2.54. The Morgan fingerprint density at radius 1 is 1.45 bits per heavy atom. The van der Waals surface area contributed by atoms with Gasteiger partial charge < -0.3 is 15.7 Å². The number of aromatic carboxylic acids is 1. The molecule has 2 aromatic rings. The molecule has 2 heterocycles. The molecule has 0 bridgehead atoms. The average Bonchev–Trinajstić information content (AvgIpc) is 2.84. The molecule has 3 N–H and O–H groups in total. The summed E-state index contributed by atoms with van der Waals surface area (Å²) < 4.78 is 0. The molecule has 0 saturated carbocycles. The first-order valence-corrected chi connectivity index (χ1v) is 7.44. The van der Waals surface area contributed by atoms with Crippen LogP contribution in [0.1, 0.15) is 20.8 Å². The van der Waals surface area contributed by atoms with Gasteiger partial charge >= 0.3 is 5.97 Å². The highest BCUT2D eigenvalue weighted by molar-refractivity contribution is 7.10. The highest BCUT2D eigenvalue weighted by atomic mass is 35.5. The van der Waals surface area contributed by atoms with Crippen LogP contribution in [0.2, 0.25) is 5.02 Å². The van der Waals surface area contributed by atoms with E-state index in [4.69, 9.17) is 17.3 Å². The van der Waals surface area contributed by atoms with Crippen LogP contribution in [0.3, 0.4) is 0 Å². The Labute approximate surface area is 125 Å². The Bertz CT molecular complexity index is 684. The van der Waals surface area contributed by atoms with Gasteiger partial charge in [-0.15, -0.1) is 11.3 Å². The Balaban J connectivity index is 2.05. The van der Waals surface area contributed by atoms with Crippen molar-refractivity contribution in [2.24, 2.45) is 0 Å². The molecule has 1 aromatic carbocycles. The lowest BCUT2D eigenvalue weighted by Gasteiger charge is -2.31. The number of benzene rings is 1. The smallest absolute Gasteiger partial charge is 0.337 e. The molecule has 0 spiro atoms. The van der Waals surface area contributed by atoms with E-state index >= 15 is 0 Å². The summed E-state index contributed by atoms with van der Waals surface area (Å²) in [6, 6.07) is 5.15. The van der Waals surface area contributed by atoms with Crippen LogP contribution in [0, 0.1) is 0 Å². The van der Waals surface area contributed by atoms with Gasteiger partial charge in [-0.2, -0.15) is 0 Å². The number of rotatable bonds is 2. The molecule has 0 atom stereocenters. The zero-order chi connectivity index (χ0) is 14.3. The lowest BCUT2D eigenvalue weighted by atomic mass is 10.1. The number of hydrogen-bond donors (Lipinski definition) is 2. The standard InChI is InChI=1S/C14H13ClN2O2S/c15-11-6-9(16)5-10(14(18)19)13(11)17-3-1-12-8(7-17)2-4-20-12/h2,4-6H,1,3,7,16H2,(H,18,19). The van der Waals surface area contributed by atoms with Gasteiger partial charge in [-0.05, 0) is 35.6 Å². The highest BCUT2D eigenvalue weighted by Gasteiger charge is 2.24. The average molecular weight is 309 g/mol. The molecule has 104 valence electrons. The summed E-state index contributed by atoms with van der Waals surface area (Å²) in [7, 11) is 0. The fourth-order valence-corrected chi connectivity index (χ4v) is 3.78. The predicted octanol–water partition coefficient (Wildman–Crippen LogP) is 3.24. The predicted molar refractivity (Wildman–Crippen MR) is 81.9 cm³/mol. The molecule has 0 radical (unpaired) electrons. The van der Waals surface area contributed by atoms with Crippen LogP contribution in [0.5, 0.6) is 0 Å². The van der Waals surface area contributed by atoms with Crippen molar-refractivity contribution in [1.82, 2.24) is 0 Å². The van der Waals surface area contributed by atoms with E-state index in [2.05, 4.69) is 11.4 Å². The molecule has 1 aliphatic heterocycles. The molecule has 1 aliphatic rings. The van der Waals surface area contributed by atoms with Crippen molar-refractivity contribution in [2.75, 3.05) is 17.2 Å². The van der Waals surface area contributed by atoms with Crippen LogP contribution in [0.15, 0.2) is 23.6 Å². The third-order valence-corrected chi connectivity index (χ3v) is 4.75. The molecule has 20 heavy (non-hydrogen) atoms. The molecule has 0 unspecified atom stereocenters. The van der Waals surface area contributed by atoms with E-state index in [0.29, 0.717) is 22.9 Å². The summed E-state index contributed by atoms with van der Waals surface area (Å²) in [6.07, 6.45) is 0.909. The molecule has 0 saturated heterocycles. The topological polar surface area (TPSA) is 66.6 Å². The first-order chi connectivity index (χ1) is 9.56. The number of nitrogens with two attached hydrogens (primary N) is 1. The SMILES string of the molecule is Nc1cc(Cl)c(N2CCc3sccc3C2)c(C(=O)O)c1. The minimum Gasteiger partial charge on any atom is -0.478 e. The fraction of sp³-hybridized carbons (Fsp3) is 0.214. The second kappa shape index (κ2) is 5.00. The van der Waals surface area contributed by atoms with E-state index in [1.54, 1.807) is 17.4 Å². The van der Waals surface area contributed by atoms with E-state index in [-0.39, 0.29) is 5.56 Å². The maximum absolute atomic E-state index is 11.4. The van der Waals surface area contributed by atoms with E-state index in [1.807, 2.05) is 4.90 Å². The minimum absolute atomic E-state index is 0.161. The summed E-state index contributed by atoms with van der Waals surface area (Å²) >= 11 is 7.97. The van der Waals surface area contributed by atoms with Crippen molar-refractivity contribution in [3.8, 4) is 0 Å². The zero-order valence-electron chi connectivity index (χ0n) is 10.6. The zero-order valence-corrected chi connectivity index (χ0v) is 12.2. The molecular weight excluding hydrogens is 296 g/mol. The molecule has 0 amide bonds. The van der Waals surface area contributed by atoms with E-state index < -0.39 is 5.97 Å². The number of hydrogen-bond acceptors (Lipinski definition) is 4. The number of carboxylic acids is 1. The summed E-state index contributed by atoms with van der Waals surface area (Å²) in [5.74, 6) is -1.01. The van der Waals surface area contributed by atoms with Gasteiger partial charge in [0.2, 0.25) is 0 Å². The van der Waals surface area contributed by atoms with Crippen molar-refractivity contribution in [2.45, 2.75) is 13.0 Å². The van der Waals surface area contributed by atoms with Crippen molar-refractivity contribution in [3.05, 3.63) is 44.6 Å². The van der Waals surface area contributed by atoms with Crippen LogP contribution >= 0.6 is 22.9 Å². The van der Waals surface area contributed by atoms with Crippen LogP contribution in [-0.2, 0) is 13.0 Å². The number of nitrogens with zero attached hydrogens (tertiary/aromatic N) is 1. The molecule has 3 rings (SSSR count). The minimum atomic E-state index is -1.01. The number of thiophene rings is 1. The lowest BCUT2D eigenvalue weighted by Crippen LogP contribution is -2.31. The molecule has 1 aromatic heterocycles. The van der Waals surface area contributed by atoms with Gasteiger partial charge in [-0.25, -0.2) is 4.79 Å². The number of anilines is 2. The normalized spacial score (nSPS) is 14.2. The van der Waals surface area contributed by atoms with Crippen LogP contribution in [0.4, 0.5) is 11.4 Å². The van der Waals surface area contributed by atoms with E-state index in [0.717, 1.165) is 13.0 Å². The highest BCUT2D eigenvalue weighted by Crippen LogP contribution is 2.36. The van der Waals surface area contributed by atoms with Crippen molar-refractivity contribution in [3.63, 3.8) is 0 Å². The van der Waals surface area contributed by atoms with Crippen molar-refractivity contribution >= 4 is 40.3 Å². The Morgan fingerprint density at radius 2 is 2.25 bits per heavy atom. The summed E-state index contributed by atoms with van der Waals surface area (Å²) in [4.78, 5) is 14.8. The molecular formula is C14H13ClN2O2S. The van der Waals surface area contributed by atoms with Gasteiger partial charge in [0.15, 0.2) is 0 Å². The summed E-state index contributed by atoms with van der Waals surface area (Å²) in [5, 5.41) is 11.8. The van der Waals surface area contributed by atoms with Gasteiger partial charge in [0.05, 0.1) is 16.3 Å². The third kappa shape index (κ3) is 2.23. The lowest BCUT2D eigenvalue weighted by molar-refractivity contribution is 0.0697. The Kier molecular flexibility index (Phi) is 3.31. The van der Waals surface area contributed by atoms with Gasteiger partial charge in [-0.3, -0.25) is 0 Å². The number of carboxylic acid groups (broad SMARTS) is 1. The summed E-state index contributed by atoms with van der Waals surface area (Å²) in [6.45, 7) is 1.44. The quantitative estimate of drug-likeness (QED) is 0.836. The van der Waals surface area contributed by atoms with Gasteiger partial charge in [0.1, 0.15) is 0 Å². The maximum Gasteiger partial charge on any atom is 0.337 e. The number of fused-ring (bicyclic) bond motifs is 1.